The van der Waals surface area contributed by atoms with Crippen LogP contribution in [0.1, 0.15) is 15.4 Å². The van der Waals surface area contributed by atoms with E-state index < -0.39 is 0 Å². The number of carbonyl (C=O) groups is 1. The number of hydrogen-bond acceptors (Lipinski definition) is 3. The number of rotatable bonds is 2. The molecule has 0 aliphatic carbocycles. The Morgan fingerprint density at radius 1 is 1.29 bits per heavy atom. The molecule has 0 atom stereocenters. The van der Waals surface area contributed by atoms with E-state index in [1.165, 1.54) is 11.3 Å². The van der Waals surface area contributed by atoms with Crippen molar-refractivity contribution in [2.24, 2.45) is 0 Å². The lowest BCUT2D eigenvalue weighted by Crippen LogP contribution is -1.99. The molecule has 1 heterocycles. The van der Waals surface area contributed by atoms with Crippen molar-refractivity contribution < 1.29 is 4.79 Å². The number of ketones is 1. The third-order valence-corrected chi connectivity index (χ3v) is 3.18. The minimum atomic E-state index is -0.0266. The summed E-state index contributed by atoms with van der Waals surface area (Å²) < 4.78 is 0.872. The van der Waals surface area contributed by atoms with Gasteiger partial charge in [0, 0.05) is 5.56 Å². The number of hydrogen-bond donors (Lipinski definition) is 0. The largest absolute Gasteiger partial charge is 0.286 e. The summed E-state index contributed by atoms with van der Waals surface area (Å²) in [6.07, 6.45) is 1.64. The second-order valence-corrected chi connectivity index (χ2v) is 5.07. The zero-order valence-electron chi connectivity index (χ0n) is 7.11. The number of nitrogens with zero attached hydrogens (tertiary/aromatic N) is 1. The van der Waals surface area contributed by atoms with Crippen molar-refractivity contribution in [2.45, 2.75) is 0 Å². The van der Waals surface area contributed by atoms with Gasteiger partial charge in [-0.25, -0.2) is 4.98 Å². The molecule has 0 aliphatic heterocycles. The summed E-state index contributed by atoms with van der Waals surface area (Å²) in [7, 11) is 0. The minimum absolute atomic E-state index is 0.0266. The Labute approximate surface area is 93.7 Å². The van der Waals surface area contributed by atoms with Crippen LogP contribution in [0, 0.1) is 0 Å². The third-order valence-electron chi connectivity index (χ3n) is 1.71. The standard InChI is InChI=1S/C10H6BrNOS/c11-8-6-12-10(14-8)9(13)7-4-2-1-3-5-7/h1-6H. The molecule has 0 saturated heterocycles. The average molecular weight is 268 g/mol. The molecule has 0 aliphatic rings. The van der Waals surface area contributed by atoms with Crippen molar-refractivity contribution in [1.82, 2.24) is 4.98 Å². The Kier molecular flexibility index (Phi) is 2.74. The summed E-state index contributed by atoms with van der Waals surface area (Å²) in [6.45, 7) is 0. The van der Waals surface area contributed by atoms with Crippen LogP contribution in [-0.4, -0.2) is 10.8 Å². The van der Waals surface area contributed by atoms with Gasteiger partial charge in [0.05, 0.1) is 9.98 Å². The van der Waals surface area contributed by atoms with Crippen molar-refractivity contribution in [3.8, 4) is 0 Å². The van der Waals surface area contributed by atoms with E-state index in [1.54, 1.807) is 18.3 Å². The fraction of sp³-hybridized carbons (Fsp3) is 0. The smallest absolute Gasteiger partial charge is 0.221 e. The predicted molar refractivity (Wildman–Crippen MR) is 59.7 cm³/mol. The van der Waals surface area contributed by atoms with E-state index in [2.05, 4.69) is 20.9 Å². The molecule has 0 bridgehead atoms. The quantitative estimate of drug-likeness (QED) is 0.783. The van der Waals surface area contributed by atoms with Gasteiger partial charge in [-0.3, -0.25) is 4.79 Å². The van der Waals surface area contributed by atoms with Crippen molar-refractivity contribution in [1.29, 1.82) is 0 Å². The van der Waals surface area contributed by atoms with E-state index in [-0.39, 0.29) is 5.78 Å². The van der Waals surface area contributed by atoms with Crippen molar-refractivity contribution >= 4 is 33.0 Å². The molecular formula is C10H6BrNOS. The van der Waals surface area contributed by atoms with Gasteiger partial charge >= 0.3 is 0 Å². The van der Waals surface area contributed by atoms with Crippen molar-refractivity contribution in [3.05, 3.63) is 50.9 Å². The molecule has 0 radical (unpaired) electrons. The predicted octanol–water partition coefficient (Wildman–Crippen LogP) is 3.14. The van der Waals surface area contributed by atoms with Gasteiger partial charge in [-0.15, -0.1) is 11.3 Å². The minimum Gasteiger partial charge on any atom is -0.286 e. The first-order chi connectivity index (χ1) is 6.77. The van der Waals surface area contributed by atoms with E-state index in [0.717, 1.165) is 3.79 Å². The lowest BCUT2D eigenvalue weighted by molar-refractivity contribution is 0.103. The highest BCUT2D eigenvalue weighted by atomic mass is 79.9. The molecule has 2 nitrogen and oxygen atoms in total. The molecule has 2 rings (SSSR count). The zero-order chi connectivity index (χ0) is 9.97. The Morgan fingerprint density at radius 2 is 2.00 bits per heavy atom. The van der Waals surface area contributed by atoms with Crippen LogP contribution in [0.2, 0.25) is 0 Å². The first kappa shape index (κ1) is 9.55. The number of carbonyl (C=O) groups excluding carboxylic acids is 1. The SMILES string of the molecule is O=C(c1ccccc1)c1ncc(Br)s1. The van der Waals surface area contributed by atoms with Gasteiger partial charge in [0.1, 0.15) is 0 Å². The van der Waals surface area contributed by atoms with Crippen LogP contribution in [0.4, 0.5) is 0 Å². The number of thiazole rings is 1. The summed E-state index contributed by atoms with van der Waals surface area (Å²) in [4.78, 5) is 15.8. The molecule has 70 valence electrons. The summed E-state index contributed by atoms with van der Waals surface area (Å²) in [5.41, 5.74) is 0.675. The molecule has 0 spiro atoms. The molecule has 14 heavy (non-hydrogen) atoms. The average Bonchev–Trinajstić information content (AvgIpc) is 2.65. The van der Waals surface area contributed by atoms with Crippen LogP contribution in [0.15, 0.2) is 40.3 Å². The van der Waals surface area contributed by atoms with Crippen LogP contribution in [0.3, 0.4) is 0 Å². The monoisotopic (exact) mass is 267 g/mol. The molecule has 0 N–H and O–H groups in total. The lowest BCUT2D eigenvalue weighted by Gasteiger charge is -1.94. The molecule has 0 fully saturated rings. The highest BCUT2D eigenvalue weighted by Gasteiger charge is 2.11. The van der Waals surface area contributed by atoms with Crippen molar-refractivity contribution in [3.63, 3.8) is 0 Å². The topological polar surface area (TPSA) is 30.0 Å². The number of aromatic nitrogens is 1. The number of benzene rings is 1. The van der Waals surface area contributed by atoms with E-state index >= 15 is 0 Å². The van der Waals surface area contributed by atoms with E-state index in [0.29, 0.717) is 10.6 Å². The highest BCUT2D eigenvalue weighted by Crippen LogP contribution is 2.21. The van der Waals surface area contributed by atoms with Crippen LogP contribution in [-0.2, 0) is 0 Å². The molecule has 4 heteroatoms. The zero-order valence-corrected chi connectivity index (χ0v) is 9.51. The molecule has 0 saturated carbocycles. The maximum absolute atomic E-state index is 11.8. The second kappa shape index (κ2) is 4.02. The maximum Gasteiger partial charge on any atom is 0.221 e. The molecule has 2 aromatic rings. The van der Waals surface area contributed by atoms with Crippen LogP contribution < -0.4 is 0 Å². The Hall–Kier alpha value is -1.00. The van der Waals surface area contributed by atoms with Gasteiger partial charge in [0.2, 0.25) is 5.78 Å². The molecule has 0 amide bonds. The molecule has 1 aromatic carbocycles. The van der Waals surface area contributed by atoms with E-state index in [1.807, 2.05) is 18.2 Å². The lowest BCUT2D eigenvalue weighted by atomic mass is 10.1. The third kappa shape index (κ3) is 1.91. The number of halogens is 1. The summed E-state index contributed by atoms with van der Waals surface area (Å²) in [5, 5.41) is 0.517. The Morgan fingerprint density at radius 3 is 2.57 bits per heavy atom. The first-order valence-corrected chi connectivity index (χ1v) is 5.59. The molecule has 1 aromatic heterocycles. The molecule has 0 unspecified atom stereocenters. The van der Waals surface area contributed by atoms with Gasteiger partial charge in [0.25, 0.3) is 0 Å². The second-order valence-electron chi connectivity index (χ2n) is 2.66. The molecular weight excluding hydrogens is 262 g/mol. The van der Waals surface area contributed by atoms with Gasteiger partial charge < -0.3 is 0 Å². The summed E-state index contributed by atoms with van der Waals surface area (Å²) >= 11 is 4.62. The fourth-order valence-corrected chi connectivity index (χ4v) is 2.24. The van der Waals surface area contributed by atoms with Gasteiger partial charge in [-0.05, 0) is 15.9 Å². The van der Waals surface area contributed by atoms with E-state index in [4.69, 9.17) is 0 Å². The summed E-state index contributed by atoms with van der Waals surface area (Å²) in [6, 6.07) is 9.15. The van der Waals surface area contributed by atoms with Gasteiger partial charge in [-0.1, -0.05) is 30.3 Å². The van der Waals surface area contributed by atoms with Crippen LogP contribution in [0.5, 0.6) is 0 Å². The van der Waals surface area contributed by atoms with Gasteiger partial charge in [-0.2, -0.15) is 0 Å². The Balaban J connectivity index is 2.34. The normalized spacial score (nSPS) is 10.1. The Bertz CT molecular complexity index is 452. The maximum atomic E-state index is 11.8. The van der Waals surface area contributed by atoms with Crippen LogP contribution >= 0.6 is 27.3 Å². The van der Waals surface area contributed by atoms with Gasteiger partial charge in [0.15, 0.2) is 5.01 Å². The summed E-state index contributed by atoms with van der Waals surface area (Å²) in [5.74, 6) is -0.0266. The van der Waals surface area contributed by atoms with Crippen LogP contribution in [0.25, 0.3) is 0 Å². The highest BCUT2D eigenvalue weighted by molar-refractivity contribution is 9.11. The van der Waals surface area contributed by atoms with E-state index in [9.17, 15) is 4.79 Å². The fourth-order valence-electron chi connectivity index (χ4n) is 1.07. The first-order valence-electron chi connectivity index (χ1n) is 3.98. The van der Waals surface area contributed by atoms with Crippen molar-refractivity contribution in [2.75, 3.05) is 0 Å².